The van der Waals surface area contributed by atoms with Crippen molar-refractivity contribution in [1.29, 1.82) is 0 Å². The first-order chi connectivity index (χ1) is 16.0. The first kappa shape index (κ1) is 23.9. The van der Waals surface area contributed by atoms with Gasteiger partial charge in [-0.2, -0.15) is 0 Å². The minimum absolute atomic E-state index is 0.0389. The average molecular weight is 468 g/mol. The molecule has 0 unspecified atom stereocenters. The highest BCUT2D eigenvalue weighted by molar-refractivity contribution is 6.30. The first-order valence-electron chi connectivity index (χ1n) is 10.4. The zero-order valence-corrected chi connectivity index (χ0v) is 19.2. The summed E-state index contributed by atoms with van der Waals surface area (Å²) in [7, 11) is 3.17. The maximum absolute atomic E-state index is 12.7. The molecule has 3 rings (SSSR count). The molecular weight excluding hydrogens is 442 g/mol. The van der Waals surface area contributed by atoms with Gasteiger partial charge in [-0.1, -0.05) is 29.8 Å². The lowest BCUT2D eigenvalue weighted by molar-refractivity contribution is -0.119. The van der Waals surface area contributed by atoms with Crippen LogP contribution in [0.15, 0.2) is 66.7 Å². The lowest BCUT2D eigenvalue weighted by Gasteiger charge is -2.13. The highest BCUT2D eigenvalue weighted by Gasteiger charge is 2.12. The van der Waals surface area contributed by atoms with Crippen LogP contribution in [0.2, 0.25) is 5.02 Å². The summed E-state index contributed by atoms with van der Waals surface area (Å²) < 4.78 is 10.5. The molecule has 0 atom stereocenters. The second kappa shape index (κ2) is 11.8. The third-order valence-electron chi connectivity index (χ3n) is 4.90. The number of rotatable bonds is 10. The lowest BCUT2D eigenvalue weighted by Crippen LogP contribution is -2.31. The van der Waals surface area contributed by atoms with Crippen molar-refractivity contribution in [2.24, 2.45) is 0 Å². The number of hydrogen-bond donors (Lipinski definition) is 3. The van der Waals surface area contributed by atoms with Gasteiger partial charge in [0.05, 0.1) is 26.3 Å². The van der Waals surface area contributed by atoms with Gasteiger partial charge >= 0.3 is 0 Å². The molecule has 0 spiro atoms. The maximum atomic E-state index is 12.7. The van der Waals surface area contributed by atoms with Crippen LogP contribution in [0.5, 0.6) is 11.5 Å². The van der Waals surface area contributed by atoms with Crippen molar-refractivity contribution in [1.82, 2.24) is 5.32 Å². The van der Waals surface area contributed by atoms with Crippen LogP contribution in [0.1, 0.15) is 15.9 Å². The summed E-state index contributed by atoms with van der Waals surface area (Å²) in [5, 5.41) is 9.33. The van der Waals surface area contributed by atoms with Crippen molar-refractivity contribution in [2.45, 2.75) is 6.42 Å². The fourth-order valence-corrected chi connectivity index (χ4v) is 3.31. The van der Waals surface area contributed by atoms with Crippen LogP contribution in [-0.2, 0) is 11.2 Å². The largest absolute Gasteiger partial charge is 0.493 e. The van der Waals surface area contributed by atoms with E-state index in [9.17, 15) is 9.59 Å². The quantitative estimate of drug-likeness (QED) is 0.412. The predicted octanol–water partition coefficient (Wildman–Crippen LogP) is 4.38. The second-order valence-corrected chi connectivity index (χ2v) is 7.59. The van der Waals surface area contributed by atoms with Crippen LogP contribution in [0, 0.1) is 0 Å². The molecule has 3 aromatic rings. The van der Waals surface area contributed by atoms with Crippen molar-refractivity contribution in [2.75, 3.05) is 37.9 Å². The number of halogens is 1. The Morgan fingerprint density at radius 2 is 1.64 bits per heavy atom. The Bertz CT molecular complexity index is 1100. The van der Waals surface area contributed by atoms with E-state index in [-0.39, 0.29) is 18.4 Å². The normalized spacial score (nSPS) is 10.3. The number of carbonyl (C=O) groups excluding carboxylic acids is 2. The van der Waals surface area contributed by atoms with Crippen LogP contribution in [0.4, 0.5) is 11.4 Å². The van der Waals surface area contributed by atoms with Gasteiger partial charge in [-0.15, -0.1) is 0 Å². The van der Waals surface area contributed by atoms with E-state index in [1.807, 2.05) is 18.2 Å². The van der Waals surface area contributed by atoms with Crippen molar-refractivity contribution >= 4 is 34.8 Å². The molecule has 0 heterocycles. The summed E-state index contributed by atoms with van der Waals surface area (Å²) in [6, 6.07) is 19.5. The molecule has 0 saturated carbocycles. The summed E-state index contributed by atoms with van der Waals surface area (Å²) in [6.45, 7) is 0.506. The maximum Gasteiger partial charge on any atom is 0.257 e. The first-order valence-corrected chi connectivity index (χ1v) is 10.8. The van der Waals surface area contributed by atoms with Gasteiger partial charge in [0.25, 0.3) is 5.91 Å². The Labute approximate surface area is 198 Å². The molecule has 8 heteroatoms. The van der Waals surface area contributed by atoms with Gasteiger partial charge in [0.2, 0.25) is 5.91 Å². The third kappa shape index (κ3) is 6.89. The fraction of sp³-hybridized carbons (Fsp3) is 0.200. The van der Waals surface area contributed by atoms with E-state index in [2.05, 4.69) is 16.0 Å². The SMILES string of the molecule is COc1ccc(CCNC(=O)CNc2ccccc2C(=O)Nc2ccc(Cl)cc2)cc1OC. The minimum atomic E-state index is -0.283. The van der Waals surface area contributed by atoms with Crippen LogP contribution in [0.3, 0.4) is 0 Å². The molecule has 0 bridgehead atoms. The summed E-state index contributed by atoms with van der Waals surface area (Å²) in [4.78, 5) is 25.0. The van der Waals surface area contributed by atoms with Crippen molar-refractivity contribution in [3.63, 3.8) is 0 Å². The number of nitrogens with one attached hydrogen (secondary N) is 3. The fourth-order valence-electron chi connectivity index (χ4n) is 3.19. The van der Waals surface area contributed by atoms with E-state index in [1.165, 1.54) is 0 Å². The van der Waals surface area contributed by atoms with Crippen molar-refractivity contribution < 1.29 is 19.1 Å². The number of methoxy groups -OCH3 is 2. The topological polar surface area (TPSA) is 88.7 Å². The molecule has 33 heavy (non-hydrogen) atoms. The monoisotopic (exact) mass is 467 g/mol. The van der Waals surface area contributed by atoms with E-state index in [4.69, 9.17) is 21.1 Å². The van der Waals surface area contributed by atoms with Gasteiger partial charge in [0, 0.05) is 22.9 Å². The van der Waals surface area contributed by atoms with Gasteiger partial charge < -0.3 is 25.4 Å². The van der Waals surface area contributed by atoms with Crippen LogP contribution >= 0.6 is 11.6 Å². The number of carbonyl (C=O) groups is 2. The molecule has 0 aromatic heterocycles. The second-order valence-electron chi connectivity index (χ2n) is 7.15. The summed E-state index contributed by atoms with van der Waals surface area (Å²) in [5.41, 5.74) is 2.65. The van der Waals surface area contributed by atoms with Crippen LogP contribution in [-0.4, -0.2) is 39.1 Å². The van der Waals surface area contributed by atoms with E-state index in [0.29, 0.717) is 46.4 Å². The molecule has 7 nitrogen and oxygen atoms in total. The van der Waals surface area contributed by atoms with E-state index < -0.39 is 0 Å². The van der Waals surface area contributed by atoms with E-state index in [0.717, 1.165) is 5.56 Å². The molecule has 0 aliphatic heterocycles. The van der Waals surface area contributed by atoms with Gasteiger partial charge in [0.1, 0.15) is 0 Å². The summed E-state index contributed by atoms with van der Waals surface area (Å²) in [6.07, 6.45) is 0.645. The molecular formula is C25H26ClN3O4. The van der Waals surface area contributed by atoms with Crippen molar-refractivity contribution in [3.8, 4) is 11.5 Å². The lowest BCUT2D eigenvalue weighted by atomic mass is 10.1. The molecule has 0 saturated heterocycles. The Balaban J connectivity index is 1.51. The van der Waals surface area contributed by atoms with Gasteiger partial charge in [0.15, 0.2) is 11.5 Å². The molecule has 3 aromatic carbocycles. The zero-order chi connectivity index (χ0) is 23.6. The van der Waals surface area contributed by atoms with Crippen LogP contribution in [0.25, 0.3) is 0 Å². The molecule has 0 aliphatic carbocycles. The number of ether oxygens (including phenoxy) is 2. The Morgan fingerprint density at radius 3 is 2.36 bits per heavy atom. The number of amides is 2. The molecule has 172 valence electrons. The smallest absolute Gasteiger partial charge is 0.257 e. The van der Waals surface area contributed by atoms with Crippen LogP contribution < -0.4 is 25.4 Å². The Hall–Kier alpha value is -3.71. The average Bonchev–Trinajstić information content (AvgIpc) is 2.84. The molecule has 2 amide bonds. The minimum Gasteiger partial charge on any atom is -0.493 e. The summed E-state index contributed by atoms with van der Waals surface area (Å²) in [5.74, 6) is 0.849. The zero-order valence-electron chi connectivity index (χ0n) is 18.5. The number of anilines is 2. The summed E-state index contributed by atoms with van der Waals surface area (Å²) >= 11 is 5.89. The number of para-hydroxylation sites is 1. The number of benzene rings is 3. The molecule has 0 radical (unpaired) electrons. The molecule has 3 N–H and O–H groups in total. The third-order valence-corrected chi connectivity index (χ3v) is 5.15. The Morgan fingerprint density at radius 1 is 0.909 bits per heavy atom. The Kier molecular flexibility index (Phi) is 8.55. The number of hydrogen-bond acceptors (Lipinski definition) is 5. The molecule has 0 aliphatic rings. The van der Waals surface area contributed by atoms with Gasteiger partial charge in [-0.3, -0.25) is 9.59 Å². The van der Waals surface area contributed by atoms with E-state index >= 15 is 0 Å². The van der Waals surface area contributed by atoms with E-state index in [1.54, 1.807) is 62.8 Å². The highest BCUT2D eigenvalue weighted by atomic mass is 35.5. The van der Waals surface area contributed by atoms with Crippen molar-refractivity contribution in [3.05, 3.63) is 82.9 Å². The standard InChI is InChI=1S/C25H26ClN3O4/c1-32-22-12-7-17(15-23(22)33-2)13-14-27-24(30)16-28-21-6-4-3-5-20(21)25(31)29-19-10-8-18(26)9-11-19/h3-12,15,28H,13-14,16H2,1-2H3,(H,27,30)(H,29,31). The predicted molar refractivity (Wildman–Crippen MR) is 131 cm³/mol. The van der Waals surface area contributed by atoms with Gasteiger partial charge in [-0.05, 0) is 60.5 Å². The van der Waals surface area contributed by atoms with Gasteiger partial charge in [-0.25, -0.2) is 0 Å². The molecule has 0 fully saturated rings. The highest BCUT2D eigenvalue weighted by Crippen LogP contribution is 2.27.